The molecule has 1 heterocycles. The molecule has 0 saturated carbocycles. The molecule has 1 unspecified atom stereocenters. The van der Waals surface area contributed by atoms with Gasteiger partial charge in [-0.15, -0.1) is 0 Å². The van der Waals surface area contributed by atoms with E-state index in [0.717, 1.165) is 37.9 Å². The van der Waals surface area contributed by atoms with Crippen molar-refractivity contribution in [1.29, 1.82) is 0 Å². The third kappa shape index (κ3) is 2.78. The lowest BCUT2D eigenvalue weighted by Crippen LogP contribution is -2.30. The van der Waals surface area contributed by atoms with Gasteiger partial charge in [0, 0.05) is 0 Å². The summed E-state index contributed by atoms with van der Waals surface area (Å²) in [5.41, 5.74) is 0.799. The van der Waals surface area contributed by atoms with E-state index in [1.807, 2.05) is 0 Å². The Hall–Kier alpha value is -0.810. The van der Waals surface area contributed by atoms with Gasteiger partial charge >= 0.3 is 0 Å². The molecule has 1 atom stereocenters. The number of phenols is 1. The number of aromatic hydroxyl groups is 1. The summed E-state index contributed by atoms with van der Waals surface area (Å²) in [7, 11) is 1.42. The molecule has 0 radical (unpaired) electrons. The molecular weight excluding hydrogens is 301 g/mol. The molecule has 1 fully saturated rings. The minimum atomic E-state index is -0.689. The SMILES string of the molecule is COc1c(CC2CCCNC2)cc(Br)c(O)c1F. The van der Waals surface area contributed by atoms with Crippen molar-refractivity contribution in [3.05, 3.63) is 21.9 Å². The topological polar surface area (TPSA) is 41.5 Å². The molecule has 18 heavy (non-hydrogen) atoms. The fourth-order valence-corrected chi connectivity index (χ4v) is 2.87. The second kappa shape index (κ2) is 5.89. The number of rotatable bonds is 3. The highest BCUT2D eigenvalue weighted by Crippen LogP contribution is 2.37. The molecule has 0 aromatic heterocycles. The molecule has 1 aromatic carbocycles. The van der Waals surface area contributed by atoms with E-state index in [4.69, 9.17) is 4.74 Å². The van der Waals surface area contributed by atoms with Gasteiger partial charge in [0.05, 0.1) is 11.6 Å². The number of ether oxygens (including phenoxy) is 1. The lowest BCUT2D eigenvalue weighted by molar-refractivity contribution is 0.343. The maximum atomic E-state index is 13.9. The Balaban J connectivity index is 2.25. The van der Waals surface area contributed by atoms with Crippen molar-refractivity contribution in [2.75, 3.05) is 20.2 Å². The van der Waals surface area contributed by atoms with E-state index in [-0.39, 0.29) is 5.75 Å². The zero-order valence-electron chi connectivity index (χ0n) is 10.3. The first kappa shape index (κ1) is 13.6. The number of nitrogens with one attached hydrogen (secondary N) is 1. The van der Waals surface area contributed by atoms with Crippen LogP contribution in [0.1, 0.15) is 18.4 Å². The molecule has 2 N–H and O–H groups in total. The zero-order chi connectivity index (χ0) is 13.1. The van der Waals surface area contributed by atoms with E-state index in [0.29, 0.717) is 10.4 Å². The van der Waals surface area contributed by atoms with Crippen molar-refractivity contribution in [3.63, 3.8) is 0 Å². The van der Waals surface area contributed by atoms with Crippen LogP contribution in [0.15, 0.2) is 10.5 Å². The molecule has 0 aliphatic carbocycles. The Morgan fingerprint density at radius 1 is 1.61 bits per heavy atom. The summed E-state index contributed by atoms with van der Waals surface area (Å²) in [6, 6.07) is 1.74. The highest BCUT2D eigenvalue weighted by Gasteiger charge is 2.21. The van der Waals surface area contributed by atoms with E-state index in [2.05, 4.69) is 21.2 Å². The second-order valence-corrected chi connectivity index (χ2v) is 5.48. The third-order valence-corrected chi connectivity index (χ3v) is 3.94. The number of halogens is 2. The summed E-state index contributed by atoms with van der Waals surface area (Å²) in [5.74, 6) is -0.437. The standard InChI is InChI=1S/C13H17BrFNO2/c1-18-13-9(5-8-3-2-4-16-7-8)6-10(14)12(17)11(13)15/h6,8,16-17H,2-5,7H2,1H3. The smallest absolute Gasteiger partial charge is 0.208 e. The summed E-state index contributed by atoms with van der Waals surface area (Å²) >= 11 is 3.16. The van der Waals surface area contributed by atoms with Gasteiger partial charge in [-0.25, -0.2) is 0 Å². The molecule has 2 rings (SSSR count). The molecule has 0 spiro atoms. The van der Waals surface area contributed by atoms with E-state index >= 15 is 0 Å². The van der Waals surface area contributed by atoms with E-state index in [1.54, 1.807) is 6.07 Å². The van der Waals surface area contributed by atoms with Gasteiger partial charge in [0.2, 0.25) is 5.82 Å². The molecule has 0 amide bonds. The number of benzene rings is 1. The van der Waals surface area contributed by atoms with Crippen LogP contribution in [0.3, 0.4) is 0 Å². The monoisotopic (exact) mass is 317 g/mol. The van der Waals surface area contributed by atoms with Crippen molar-refractivity contribution in [1.82, 2.24) is 5.32 Å². The van der Waals surface area contributed by atoms with Crippen LogP contribution in [0.5, 0.6) is 11.5 Å². The number of hydrogen-bond acceptors (Lipinski definition) is 3. The first-order valence-electron chi connectivity index (χ1n) is 6.08. The lowest BCUT2D eigenvalue weighted by Gasteiger charge is -2.23. The Kier molecular flexibility index (Phi) is 4.45. The fourth-order valence-electron chi connectivity index (χ4n) is 2.42. The molecule has 1 aliphatic rings. The van der Waals surface area contributed by atoms with Gasteiger partial charge in [0.25, 0.3) is 0 Å². The van der Waals surface area contributed by atoms with E-state index in [9.17, 15) is 9.50 Å². The quantitative estimate of drug-likeness (QED) is 0.900. The van der Waals surface area contributed by atoms with Crippen LogP contribution < -0.4 is 10.1 Å². The van der Waals surface area contributed by atoms with Gasteiger partial charge in [0.1, 0.15) is 0 Å². The van der Waals surface area contributed by atoms with Crippen LogP contribution in [0.25, 0.3) is 0 Å². The first-order chi connectivity index (χ1) is 8.63. The average molecular weight is 318 g/mol. The van der Waals surface area contributed by atoms with Gasteiger partial charge in [-0.3, -0.25) is 0 Å². The van der Waals surface area contributed by atoms with Crippen molar-refractivity contribution >= 4 is 15.9 Å². The molecule has 0 bridgehead atoms. The molecule has 1 aromatic rings. The largest absolute Gasteiger partial charge is 0.504 e. The maximum Gasteiger partial charge on any atom is 0.208 e. The Morgan fingerprint density at radius 2 is 2.39 bits per heavy atom. The van der Waals surface area contributed by atoms with E-state index < -0.39 is 11.6 Å². The third-order valence-electron chi connectivity index (χ3n) is 3.34. The Labute approximate surface area is 114 Å². The summed E-state index contributed by atoms with van der Waals surface area (Å²) in [5, 5.41) is 12.9. The van der Waals surface area contributed by atoms with Crippen LogP contribution in [-0.2, 0) is 6.42 Å². The number of methoxy groups -OCH3 is 1. The predicted molar refractivity (Wildman–Crippen MR) is 71.6 cm³/mol. The Bertz CT molecular complexity index is 433. The highest BCUT2D eigenvalue weighted by atomic mass is 79.9. The van der Waals surface area contributed by atoms with Gasteiger partial charge in [-0.05, 0) is 65.8 Å². The van der Waals surface area contributed by atoms with Gasteiger partial charge in [-0.2, -0.15) is 4.39 Å². The Morgan fingerprint density at radius 3 is 3.00 bits per heavy atom. The van der Waals surface area contributed by atoms with Crippen LogP contribution in [-0.4, -0.2) is 25.3 Å². The van der Waals surface area contributed by atoms with Crippen molar-refractivity contribution in [3.8, 4) is 11.5 Å². The van der Waals surface area contributed by atoms with Gasteiger partial charge in [0.15, 0.2) is 11.5 Å². The molecule has 1 aliphatic heterocycles. The molecule has 5 heteroatoms. The number of phenolic OH excluding ortho intramolecular Hbond substituents is 1. The van der Waals surface area contributed by atoms with Crippen LogP contribution >= 0.6 is 15.9 Å². The van der Waals surface area contributed by atoms with Crippen molar-refractivity contribution in [2.24, 2.45) is 5.92 Å². The maximum absolute atomic E-state index is 13.9. The highest BCUT2D eigenvalue weighted by molar-refractivity contribution is 9.10. The first-order valence-corrected chi connectivity index (χ1v) is 6.87. The number of hydrogen-bond donors (Lipinski definition) is 2. The average Bonchev–Trinajstić information content (AvgIpc) is 2.38. The van der Waals surface area contributed by atoms with Crippen molar-refractivity contribution in [2.45, 2.75) is 19.3 Å². The summed E-state index contributed by atoms with van der Waals surface area (Å²) in [6.45, 7) is 2.00. The molecular formula is C13H17BrFNO2. The molecule has 1 saturated heterocycles. The summed E-state index contributed by atoms with van der Waals surface area (Å²) in [6.07, 6.45) is 3.04. The molecule has 100 valence electrons. The van der Waals surface area contributed by atoms with Gasteiger partial charge in [-0.1, -0.05) is 0 Å². The number of piperidine rings is 1. The predicted octanol–water partition coefficient (Wildman–Crippen LogP) is 2.84. The van der Waals surface area contributed by atoms with Crippen LogP contribution in [0.4, 0.5) is 4.39 Å². The minimum Gasteiger partial charge on any atom is -0.504 e. The molecule has 3 nitrogen and oxygen atoms in total. The van der Waals surface area contributed by atoms with Crippen molar-refractivity contribution < 1.29 is 14.2 Å². The lowest BCUT2D eigenvalue weighted by atomic mass is 9.92. The summed E-state index contributed by atoms with van der Waals surface area (Å²) < 4.78 is 19.3. The van der Waals surface area contributed by atoms with Gasteiger partial charge < -0.3 is 15.2 Å². The fraction of sp³-hybridized carbons (Fsp3) is 0.538. The van der Waals surface area contributed by atoms with Crippen LogP contribution in [0.2, 0.25) is 0 Å². The summed E-state index contributed by atoms with van der Waals surface area (Å²) in [4.78, 5) is 0. The minimum absolute atomic E-state index is 0.154. The van der Waals surface area contributed by atoms with Crippen LogP contribution in [0, 0.1) is 11.7 Å². The second-order valence-electron chi connectivity index (χ2n) is 4.63. The zero-order valence-corrected chi connectivity index (χ0v) is 11.9. The normalized spacial score (nSPS) is 19.8. The van der Waals surface area contributed by atoms with E-state index in [1.165, 1.54) is 7.11 Å².